The molecular formula is C10H11N2O3P. The van der Waals surface area contributed by atoms with E-state index in [0.29, 0.717) is 14.0 Å². The van der Waals surface area contributed by atoms with Crippen molar-refractivity contribution in [1.29, 1.82) is 0 Å². The molecule has 16 heavy (non-hydrogen) atoms. The van der Waals surface area contributed by atoms with E-state index in [-0.39, 0.29) is 18.0 Å². The summed E-state index contributed by atoms with van der Waals surface area (Å²) in [7, 11) is 0.688. The molecular weight excluding hydrogens is 227 g/mol. The van der Waals surface area contributed by atoms with Gasteiger partial charge in [0, 0.05) is 5.69 Å². The average Bonchev–Trinajstić information content (AvgIpc) is 2.27. The van der Waals surface area contributed by atoms with E-state index < -0.39 is 5.97 Å². The van der Waals surface area contributed by atoms with Crippen molar-refractivity contribution < 1.29 is 14.7 Å². The van der Waals surface area contributed by atoms with Gasteiger partial charge in [-0.25, -0.2) is 4.79 Å². The number of anilines is 1. The van der Waals surface area contributed by atoms with Crippen molar-refractivity contribution >= 4 is 32.2 Å². The van der Waals surface area contributed by atoms with Crippen molar-refractivity contribution in [3.05, 3.63) is 29.8 Å². The minimum Gasteiger partial charge on any atom is -0.478 e. The van der Waals surface area contributed by atoms with Crippen LogP contribution < -0.4 is 10.4 Å². The zero-order chi connectivity index (χ0) is 12.0. The molecule has 3 N–H and O–H groups in total. The van der Waals surface area contributed by atoms with Gasteiger partial charge in [0.1, 0.15) is 0 Å². The number of hydrogen-bond donors (Lipinski definition) is 3. The van der Waals surface area contributed by atoms with Gasteiger partial charge in [-0.3, -0.25) is 9.88 Å². The van der Waals surface area contributed by atoms with Crippen LogP contribution in [0.15, 0.2) is 24.3 Å². The Hall–Kier alpha value is -1.71. The van der Waals surface area contributed by atoms with Gasteiger partial charge in [-0.2, -0.15) is 0 Å². The van der Waals surface area contributed by atoms with E-state index in [2.05, 4.69) is 16.7 Å². The minimum absolute atomic E-state index is 0.172. The first kappa shape index (κ1) is 12.4. The Labute approximate surface area is 94.3 Å². The van der Waals surface area contributed by atoms with E-state index in [1.807, 2.05) is 0 Å². The molecule has 1 aromatic rings. The van der Waals surface area contributed by atoms with Crippen molar-refractivity contribution in [2.75, 3.05) is 11.9 Å². The normalized spacial score (nSPS) is 10.0. The quantitative estimate of drug-likeness (QED) is 0.673. The summed E-state index contributed by atoms with van der Waals surface area (Å²) < 4.78 is 0. The second-order valence-electron chi connectivity index (χ2n) is 2.92. The topological polar surface area (TPSA) is 78.4 Å². The molecule has 0 atom stereocenters. The number of aromatic carboxylic acids is 1. The van der Waals surface area contributed by atoms with E-state index >= 15 is 0 Å². The van der Waals surface area contributed by atoms with Crippen molar-refractivity contribution in [2.24, 2.45) is 0 Å². The summed E-state index contributed by atoms with van der Waals surface area (Å²) in [6, 6.07) is 5.96. The lowest BCUT2D eigenvalue weighted by molar-refractivity contribution is -0.115. The number of nitrogens with one attached hydrogen (secondary N) is 2. The standard InChI is InChI=1S/C10H11N2O3P/c1-16-11-6-9(13)12-8-4-2-7(3-5-8)10(14)15/h2-5,11H,1,6H2,(H,12,13)(H,14,15). The predicted molar refractivity (Wildman–Crippen MR) is 64.1 cm³/mol. The zero-order valence-electron chi connectivity index (χ0n) is 8.43. The summed E-state index contributed by atoms with van der Waals surface area (Å²) in [6.45, 7) is 0.172. The highest BCUT2D eigenvalue weighted by Gasteiger charge is 2.03. The Bertz CT molecular complexity index is 403. The smallest absolute Gasteiger partial charge is 0.335 e. The second-order valence-corrected chi connectivity index (χ2v) is 3.56. The first-order chi connectivity index (χ1) is 7.63. The third kappa shape index (κ3) is 3.81. The first-order valence-corrected chi connectivity index (χ1v) is 5.53. The molecule has 1 aromatic carbocycles. The summed E-state index contributed by atoms with van der Waals surface area (Å²) in [5, 5.41) is 14.0. The first-order valence-electron chi connectivity index (χ1n) is 4.45. The molecule has 0 radical (unpaired) electrons. The second kappa shape index (κ2) is 6.00. The maximum absolute atomic E-state index is 11.3. The number of carbonyl (C=O) groups is 2. The number of rotatable bonds is 5. The Morgan fingerprint density at radius 2 is 1.94 bits per heavy atom. The lowest BCUT2D eigenvalue weighted by Crippen LogP contribution is -2.22. The van der Waals surface area contributed by atoms with Crippen molar-refractivity contribution in [2.45, 2.75) is 0 Å². The summed E-state index contributed by atoms with van der Waals surface area (Å²) in [6.07, 6.45) is 3.51. The van der Waals surface area contributed by atoms with Crippen LogP contribution in [0.2, 0.25) is 0 Å². The van der Waals surface area contributed by atoms with Crippen molar-refractivity contribution in [1.82, 2.24) is 5.09 Å². The molecule has 0 aliphatic carbocycles. The van der Waals surface area contributed by atoms with E-state index in [1.165, 1.54) is 12.1 Å². The summed E-state index contributed by atoms with van der Waals surface area (Å²) >= 11 is 0. The Morgan fingerprint density at radius 1 is 1.31 bits per heavy atom. The highest BCUT2D eigenvalue weighted by Crippen LogP contribution is 2.09. The summed E-state index contributed by atoms with van der Waals surface area (Å²) in [4.78, 5) is 21.8. The summed E-state index contributed by atoms with van der Waals surface area (Å²) in [5.41, 5.74) is 0.755. The zero-order valence-corrected chi connectivity index (χ0v) is 9.33. The molecule has 0 aromatic heterocycles. The van der Waals surface area contributed by atoms with Crippen LogP contribution in [0.1, 0.15) is 10.4 Å². The van der Waals surface area contributed by atoms with Gasteiger partial charge in [0.15, 0.2) is 0 Å². The highest BCUT2D eigenvalue weighted by molar-refractivity contribution is 7.34. The van der Waals surface area contributed by atoms with E-state index in [0.717, 1.165) is 0 Å². The fourth-order valence-corrected chi connectivity index (χ4v) is 1.28. The van der Waals surface area contributed by atoms with Crippen molar-refractivity contribution in [3.63, 3.8) is 0 Å². The molecule has 0 aliphatic rings. The molecule has 84 valence electrons. The maximum Gasteiger partial charge on any atom is 0.335 e. The van der Waals surface area contributed by atoms with Gasteiger partial charge >= 0.3 is 5.97 Å². The molecule has 0 bridgehead atoms. The van der Waals surface area contributed by atoms with E-state index in [4.69, 9.17) is 5.11 Å². The van der Waals surface area contributed by atoms with Crippen LogP contribution in [-0.4, -0.2) is 29.8 Å². The fourth-order valence-electron chi connectivity index (χ4n) is 1.03. The van der Waals surface area contributed by atoms with Crippen LogP contribution in [0.5, 0.6) is 0 Å². The number of carboxylic acid groups (broad SMARTS) is 1. The molecule has 6 heteroatoms. The van der Waals surface area contributed by atoms with Crippen LogP contribution >= 0.6 is 8.35 Å². The number of carbonyl (C=O) groups excluding carboxylic acids is 1. The van der Waals surface area contributed by atoms with Crippen LogP contribution in [0, 0.1) is 0 Å². The molecule has 0 fully saturated rings. The molecule has 0 heterocycles. The van der Waals surface area contributed by atoms with Gasteiger partial charge in [-0.05, 0) is 32.6 Å². The van der Waals surface area contributed by atoms with Crippen LogP contribution in [0.4, 0.5) is 5.69 Å². The minimum atomic E-state index is -0.990. The third-order valence-electron chi connectivity index (χ3n) is 1.77. The number of amides is 1. The molecule has 5 nitrogen and oxygen atoms in total. The monoisotopic (exact) mass is 238 g/mol. The molecule has 0 saturated carbocycles. The molecule has 1 rings (SSSR count). The summed E-state index contributed by atoms with van der Waals surface area (Å²) in [5.74, 6) is -1.19. The van der Waals surface area contributed by atoms with Gasteiger partial charge in [0.2, 0.25) is 5.91 Å². The molecule has 1 amide bonds. The Kier molecular flexibility index (Phi) is 4.64. The lowest BCUT2D eigenvalue weighted by Gasteiger charge is -2.04. The van der Waals surface area contributed by atoms with Gasteiger partial charge in [0.05, 0.1) is 12.1 Å². The van der Waals surface area contributed by atoms with Gasteiger partial charge in [-0.15, -0.1) is 0 Å². The predicted octanol–water partition coefficient (Wildman–Crippen LogP) is 1.21. The molecule has 0 unspecified atom stereocenters. The van der Waals surface area contributed by atoms with Crippen LogP contribution in [0.25, 0.3) is 0 Å². The molecule has 0 spiro atoms. The van der Waals surface area contributed by atoms with Crippen molar-refractivity contribution in [3.8, 4) is 0 Å². The number of carboxylic acids is 1. The van der Waals surface area contributed by atoms with E-state index in [9.17, 15) is 9.59 Å². The van der Waals surface area contributed by atoms with Crippen LogP contribution in [0.3, 0.4) is 0 Å². The third-order valence-corrected chi connectivity index (χ3v) is 2.15. The highest BCUT2D eigenvalue weighted by atomic mass is 31.1. The van der Waals surface area contributed by atoms with Gasteiger partial charge < -0.3 is 10.4 Å². The molecule has 0 saturated heterocycles. The lowest BCUT2D eigenvalue weighted by atomic mass is 10.2. The largest absolute Gasteiger partial charge is 0.478 e. The number of hydrogen-bond acceptors (Lipinski definition) is 3. The Morgan fingerprint density at radius 3 is 2.44 bits per heavy atom. The number of benzene rings is 1. The van der Waals surface area contributed by atoms with Gasteiger partial charge in [-0.1, -0.05) is 6.30 Å². The van der Waals surface area contributed by atoms with Gasteiger partial charge in [0.25, 0.3) is 0 Å². The van der Waals surface area contributed by atoms with Crippen LogP contribution in [-0.2, 0) is 4.79 Å². The fraction of sp³-hybridized carbons (Fsp3) is 0.100. The molecule has 0 aliphatic heterocycles. The Balaban J connectivity index is 2.58. The SMILES string of the molecule is C=PNCC(=O)Nc1ccc(C(=O)O)cc1. The maximum atomic E-state index is 11.3. The average molecular weight is 238 g/mol. The van der Waals surface area contributed by atoms with E-state index in [1.54, 1.807) is 12.1 Å².